The van der Waals surface area contributed by atoms with Crippen LogP contribution in [0.5, 0.6) is 0 Å². The van der Waals surface area contributed by atoms with Gasteiger partial charge in [-0.1, -0.05) is 42.0 Å². The van der Waals surface area contributed by atoms with Crippen molar-refractivity contribution in [3.8, 4) is 0 Å². The Bertz CT molecular complexity index is 329. The van der Waals surface area contributed by atoms with Crippen LogP contribution in [0.25, 0.3) is 0 Å². The average molecular weight is 193 g/mol. The van der Waals surface area contributed by atoms with Gasteiger partial charge < -0.3 is 5.32 Å². The number of hydrogen-bond acceptors (Lipinski definition) is 2. The molecule has 0 aliphatic carbocycles. The van der Waals surface area contributed by atoms with E-state index in [0.717, 1.165) is 5.56 Å². The van der Waals surface area contributed by atoms with E-state index in [4.69, 9.17) is 12.2 Å². The Balaban J connectivity index is 2.78. The number of carbonyl (C=O) groups is 1. The third kappa shape index (κ3) is 2.95. The summed E-state index contributed by atoms with van der Waals surface area (Å²) in [6.45, 7) is 3.45. The minimum Gasteiger partial charge on any atom is -0.317 e. The molecule has 0 unspecified atom stereocenters. The lowest BCUT2D eigenvalue weighted by Gasteiger charge is -2.03. The van der Waals surface area contributed by atoms with Crippen molar-refractivity contribution in [3.05, 3.63) is 35.4 Å². The van der Waals surface area contributed by atoms with E-state index >= 15 is 0 Å². The Labute approximate surface area is 83.0 Å². The van der Waals surface area contributed by atoms with E-state index in [-0.39, 0.29) is 5.91 Å². The van der Waals surface area contributed by atoms with Gasteiger partial charge in [-0.3, -0.25) is 4.79 Å². The highest BCUT2D eigenvalue weighted by Crippen LogP contribution is 2.03. The molecule has 0 saturated carbocycles. The molecule has 0 radical (unpaired) electrons. The third-order valence-corrected chi connectivity index (χ3v) is 1.94. The fourth-order valence-corrected chi connectivity index (χ4v) is 1.22. The lowest BCUT2D eigenvalue weighted by molar-refractivity contribution is -0.117. The summed E-state index contributed by atoms with van der Waals surface area (Å²) >= 11 is 5.01. The number of benzene rings is 1. The van der Waals surface area contributed by atoms with Gasteiger partial charge in [0.15, 0.2) is 0 Å². The smallest absolute Gasteiger partial charge is 0.221 e. The van der Waals surface area contributed by atoms with Gasteiger partial charge in [-0.2, -0.15) is 0 Å². The summed E-state index contributed by atoms with van der Waals surface area (Å²) in [5.41, 5.74) is 2.05. The lowest BCUT2D eigenvalue weighted by Crippen LogP contribution is -2.26. The van der Waals surface area contributed by atoms with Gasteiger partial charge in [0.05, 0.1) is 0 Å². The number of carbonyl (C=O) groups excluding carboxylic acids is 1. The zero-order valence-electron chi connectivity index (χ0n) is 7.63. The lowest BCUT2D eigenvalue weighted by atomic mass is 10.1. The zero-order chi connectivity index (χ0) is 9.84. The minimum absolute atomic E-state index is 0.134. The molecule has 13 heavy (non-hydrogen) atoms. The van der Waals surface area contributed by atoms with Crippen molar-refractivity contribution < 1.29 is 4.79 Å². The number of nitrogens with one attached hydrogen (secondary N) is 1. The van der Waals surface area contributed by atoms with Crippen molar-refractivity contribution in [2.45, 2.75) is 13.8 Å². The molecule has 0 bridgehead atoms. The first kappa shape index (κ1) is 9.86. The molecular formula is C10H11NOS. The minimum atomic E-state index is -0.134. The molecule has 0 spiro atoms. The highest BCUT2D eigenvalue weighted by molar-refractivity contribution is 7.80. The van der Waals surface area contributed by atoms with Crippen LogP contribution in [0.1, 0.15) is 18.1 Å². The van der Waals surface area contributed by atoms with Crippen molar-refractivity contribution >= 4 is 23.1 Å². The third-order valence-electron chi connectivity index (χ3n) is 1.60. The second kappa shape index (κ2) is 4.14. The van der Waals surface area contributed by atoms with Gasteiger partial charge >= 0.3 is 0 Å². The molecule has 0 aliphatic heterocycles. The van der Waals surface area contributed by atoms with E-state index in [1.807, 2.05) is 31.2 Å². The van der Waals surface area contributed by atoms with E-state index in [1.165, 1.54) is 12.5 Å². The van der Waals surface area contributed by atoms with Crippen LogP contribution < -0.4 is 5.32 Å². The van der Waals surface area contributed by atoms with Gasteiger partial charge in [0.25, 0.3) is 0 Å². The number of aryl methyl sites for hydroxylation is 1. The summed E-state index contributed by atoms with van der Waals surface area (Å²) in [7, 11) is 0. The maximum absolute atomic E-state index is 10.7. The monoisotopic (exact) mass is 193 g/mol. The van der Waals surface area contributed by atoms with E-state index in [0.29, 0.717) is 4.99 Å². The number of rotatable bonds is 1. The maximum Gasteiger partial charge on any atom is 0.221 e. The molecule has 2 nitrogen and oxygen atoms in total. The molecule has 1 aromatic rings. The molecule has 3 heteroatoms. The molecule has 1 amide bonds. The molecule has 68 valence electrons. The van der Waals surface area contributed by atoms with E-state index < -0.39 is 0 Å². The highest BCUT2D eigenvalue weighted by atomic mass is 32.1. The summed E-state index contributed by atoms with van der Waals surface area (Å²) in [5.74, 6) is -0.134. The van der Waals surface area contributed by atoms with Crippen molar-refractivity contribution in [3.63, 3.8) is 0 Å². The molecule has 0 aromatic heterocycles. The molecule has 0 heterocycles. The highest BCUT2D eigenvalue weighted by Gasteiger charge is 2.01. The van der Waals surface area contributed by atoms with E-state index in [1.54, 1.807) is 0 Å². The molecule has 1 aromatic carbocycles. The van der Waals surface area contributed by atoms with Gasteiger partial charge in [0, 0.05) is 12.5 Å². The van der Waals surface area contributed by atoms with Crippen molar-refractivity contribution in [2.75, 3.05) is 0 Å². The molecular weight excluding hydrogens is 182 g/mol. The second-order valence-corrected chi connectivity index (χ2v) is 3.28. The van der Waals surface area contributed by atoms with Gasteiger partial charge in [-0.15, -0.1) is 0 Å². The van der Waals surface area contributed by atoms with Gasteiger partial charge in [-0.05, 0) is 6.92 Å². The van der Waals surface area contributed by atoms with Crippen LogP contribution >= 0.6 is 12.2 Å². The SMILES string of the molecule is CC(=O)NC(=S)c1ccc(C)cc1. The van der Waals surface area contributed by atoms with E-state index in [9.17, 15) is 4.79 Å². The predicted octanol–water partition coefficient (Wildman–Crippen LogP) is 1.81. The van der Waals surface area contributed by atoms with Crippen LogP contribution in [0, 0.1) is 6.92 Å². The summed E-state index contributed by atoms with van der Waals surface area (Å²) in [6, 6.07) is 7.72. The fourth-order valence-electron chi connectivity index (χ4n) is 0.937. The van der Waals surface area contributed by atoms with Crippen LogP contribution in [0.3, 0.4) is 0 Å². The molecule has 0 fully saturated rings. The first-order valence-corrected chi connectivity index (χ1v) is 4.39. The number of hydrogen-bond donors (Lipinski definition) is 1. The Morgan fingerprint density at radius 2 is 1.85 bits per heavy atom. The molecule has 0 saturated heterocycles. The Hall–Kier alpha value is -1.22. The summed E-state index contributed by atoms with van der Waals surface area (Å²) in [4.78, 5) is 11.2. The second-order valence-electron chi connectivity index (χ2n) is 2.88. The fraction of sp³-hybridized carbons (Fsp3) is 0.200. The molecule has 0 atom stereocenters. The van der Waals surface area contributed by atoms with Crippen LogP contribution in [-0.4, -0.2) is 10.9 Å². The van der Waals surface area contributed by atoms with Gasteiger partial charge in [0.1, 0.15) is 4.99 Å². The predicted molar refractivity (Wildman–Crippen MR) is 56.7 cm³/mol. The molecule has 0 aliphatic rings. The van der Waals surface area contributed by atoms with Crippen LogP contribution in [0.2, 0.25) is 0 Å². The van der Waals surface area contributed by atoms with Crippen molar-refractivity contribution in [1.82, 2.24) is 5.32 Å². The van der Waals surface area contributed by atoms with Crippen LogP contribution in [-0.2, 0) is 4.79 Å². The average Bonchev–Trinajstić information content (AvgIpc) is 2.04. The first-order chi connectivity index (χ1) is 6.09. The number of thiocarbonyl (C=S) groups is 1. The Morgan fingerprint density at radius 3 is 2.31 bits per heavy atom. The number of amides is 1. The van der Waals surface area contributed by atoms with Gasteiger partial charge in [0.2, 0.25) is 5.91 Å². The molecule has 1 N–H and O–H groups in total. The quantitative estimate of drug-likeness (QED) is 0.689. The standard InChI is InChI=1S/C10H11NOS/c1-7-3-5-9(6-4-7)10(13)11-8(2)12/h3-6H,1-2H3,(H,11,12,13). The Kier molecular flexibility index (Phi) is 3.14. The summed E-state index contributed by atoms with van der Waals surface area (Å²) in [5, 5.41) is 2.57. The normalized spacial score (nSPS) is 9.38. The van der Waals surface area contributed by atoms with E-state index in [2.05, 4.69) is 5.32 Å². The Morgan fingerprint density at radius 1 is 1.31 bits per heavy atom. The van der Waals surface area contributed by atoms with Crippen molar-refractivity contribution in [2.24, 2.45) is 0 Å². The summed E-state index contributed by atoms with van der Waals surface area (Å²) in [6.07, 6.45) is 0. The maximum atomic E-state index is 10.7. The molecule has 1 rings (SSSR count). The van der Waals surface area contributed by atoms with Crippen LogP contribution in [0.15, 0.2) is 24.3 Å². The zero-order valence-corrected chi connectivity index (χ0v) is 8.44. The summed E-state index contributed by atoms with van der Waals surface area (Å²) < 4.78 is 0. The first-order valence-electron chi connectivity index (χ1n) is 3.98. The van der Waals surface area contributed by atoms with Crippen molar-refractivity contribution in [1.29, 1.82) is 0 Å². The van der Waals surface area contributed by atoms with Crippen LogP contribution in [0.4, 0.5) is 0 Å². The van der Waals surface area contributed by atoms with Gasteiger partial charge in [-0.25, -0.2) is 0 Å². The largest absolute Gasteiger partial charge is 0.317 e. The topological polar surface area (TPSA) is 29.1 Å².